The predicted octanol–water partition coefficient (Wildman–Crippen LogP) is 4.85. The van der Waals surface area contributed by atoms with E-state index in [0.717, 1.165) is 12.7 Å². The number of nitrogens with two attached hydrogens (primary N) is 1. The number of nitrogens with one attached hydrogen (secondary N) is 2. The number of amidine groups is 1. The second-order valence-corrected chi connectivity index (χ2v) is 10.9. The van der Waals surface area contributed by atoms with Gasteiger partial charge in [0.05, 0.1) is 10.6 Å². The molecule has 1 amide bonds. The van der Waals surface area contributed by atoms with Crippen molar-refractivity contribution >= 4 is 33.0 Å². The molecule has 0 aromatic heterocycles. The largest absolute Gasteiger partial charge is 0.409 e. The second-order valence-electron chi connectivity index (χ2n) is 8.92. The van der Waals surface area contributed by atoms with Crippen LogP contribution >= 0.6 is 0 Å². The molecule has 10 heteroatoms. The molecule has 1 unspecified atom stereocenters. The molecule has 0 aliphatic carbocycles. The fourth-order valence-electron chi connectivity index (χ4n) is 3.93. The molecular weight excluding hydrogens is 495 g/mol. The van der Waals surface area contributed by atoms with Gasteiger partial charge >= 0.3 is 0 Å². The normalized spacial score (nSPS) is 13.6. The number of hydrogen-bond donors (Lipinski definition) is 4. The van der Waals surface area contributed by atoms with Gasteiger partial charge in [-0.3, -0.25) is 4.79 Å². The number of amides is 1. The van der Waals surface area contributed by atoms with Gasteiger partial charge in [-0.2, -0.15) is 0 Å². The van der Waals surface area contributed by atoms with Crippen LogP contribution in [0.25, 0.3) is 11.1 Å². The van der Waals surface area contributed by atoms with Crippen molar-refractivity contribution in [1.29, 1.82) is 0 Å². The number of sulfone groups is 1. The summed E-state index contributed by atoms with van der Waals surface area (Å²) in [5.74, 6) is -0.972. The summed E-state index contributed by atoms with van der Waals surface area (Å²) in [5.41, 5.74) is 7.68. The van der Waals surface area contributed by atoms with E-state index in [4.69, 9.17) is 10.9 Å². The fraction of sp³-hybridized carbons (Fsp3) is 0.259. The third-order valence-corrected chi connectivity index (χ3v) is 7.35. The van der Waals surface area contributed by atoms with Gasteiger partial charge in [-0.25, -0.2) is 12.8 Å². The molecule has 0 saturated heterocycles. The Hall–Kier alpha value is -3.92. The Bertz CT molecular complexity index is 1410. The van der Waals surface area contributed by atoms with Crippen molar-refractivity contribution in [1.82, 2.24) is 0 Å². The average Bonchev–Trinajstić information content (AvgIpc) is 2.88. The van der Waals surface area contributed by atoms with Crippen LogP contribution in [0.5, 0.6) is 0 Å². The third kappa shape index (κ3) is 7.07. The minimum absolute atomic E-state index is 0.00224. The summed E-state index contributed by atoms with van der Waals surface area (Å²) in [6.07, 6.45) is 1.97. The Labute approximate surface area is 216 Å². The zero-order chi connectivity index (χ0) is 27.2. The molecule has 3 aromatic rings. The smallest absolute Gasteiger partial charge is 0.226 e. The second kappa shape index (κ2) is 11.9. The molecule has 0 radical (unpaired) electrons. The van der Waals surface area contributed by atoms with Crippen LogP contribution in [-0.4, -0.2) is 37.7 Å². The van der Waals surface area contributed by atoms with Crippen molar-refractivity contribution in [2.75, 3.05) is 16.9 Å². The zero-order valence-corrected chi connectivity index (χ0v) is 21.7. The number of nitrogens with zero attached hydrogens (tertiary/aromatic N) is 1. The van der Waals surface area contributed by atoms with E-state index < -0.39 is 15.7 Å². The molecular formula is C27H31FN4O4S. The average molecular weight is 527 g/mol. The number of benzene rings is 3. The van der Waals surface area contributed by atoms with E-state index >= 15 is 0 Å². The number of hydrogen-bond acceptors (Lipinski definition) is 6. The Morgan fingerprint density at radius 1 is 1.11 bits per heavy atom. The molecule has 0 fully saturated rings. The van der Waals surface area contributed by atoms with E-state index in [2.05, 4.69) is 15.8 Å². The molecule has 3 rings (SSSR count). The highest BCUT2D eigenvalue weighted by atomic mass is 32.2. The van der Waals surface area contributed by atoms with E-state index in [9.17, 15) is 17.6 Å². The van der Waals surface area contributed by atoms with E-state index in [1.54, 1.807) is 42.5 Å². The predicted molar refractivity (Wildman–Crippen MR) is 144 cm³/mol. The number of carbonyl (C=O) groups is 1. The van der Waals surface area contributed by atoms with Crippen molar-refractivity contribution in [3.63, 3.8) is 0 Å². The van der Waals surface area contributed by atoms with Crippen LogP contribution in [-0.2, 0) is 14.6 Å². The minimum atomic E-state index is -3.51. The molecule has 8 nitrogen and oxygen atoms in total. The van der Waals surface area contributed by atoms with Crippen LogP contribution in [0.1, 0.15) is 32.3 Å². The Balaban J connectivity index is 1.77. The van der Waals surface area contributed by atoms with Crippen LogP contribution in [0, 0.1) is 11.7 Å². The lowest BCUT2D eigenvalue weighted by Crippen LogP contribution is -2.32. The zero-order valence-electron chi connectivity index (χ0n) is 20.9. The number of carbonyl (C=O) groups excluding carboxylic acids is 1. The van der Waals surface area contributed by atoms with Gasteiger partial charge in [-0.15, -0.1) is 0 Å². The first-order chi connectivity index (χ1) is 17.5. The van der Waals surface area contributed by atoms with Gasteiger partial charge in [0, 0.05) is 35.5 Å². The first kappa shape index (κ1) is 27.7. The van der Waals surface area contributed by atoms with Crippen LogP contribution in [0.4, 0.5) is 15.8 Å². The number of oxime groups is 1. The van der Waals surface area contributed by atoms with Crippen molar-refractivity contribution in [3.8, 4) is 11.1 Å². The molecule has 0 saturated carbocycles. The number of anilines is 2. The van der Waals surface area contributed by atoms with Gasteiger partial charge in [0.25, 0.3) is 0 Å². The summed E-state index contributed by atoms with van der Waals surface area (Å²) in [4.78, 5) is 13.0. The summed E-state index contributed by atoms with van der Waals surface area (Å²) in [5, 5.41) is 17.9. The maximum absolute atomic E-state index is 15.0. The van der Waals surface area contributed by atoms with Crippen molar-refractivity contribution in [2.24, 2.45) is 16.8 Å². The lowest BCUT2D eigenvalue weighted by Gasteiger charge is -2.25. The lowest BCUT2D eigenvalue weighted by atomic mass is 9.95. The highest BCUT2D eigenvalue weighted by Crippen LogP contribution is 2.30. The highest BCUT2D eigenvalue weighted by molar-refractivity contribution is 7.90. The maximum Gasteiger partial charge on any atom is 0.226 e. The molecule has 0 spiro atoms. The van der Waals surface area contributed by atoms with Gasteiger partial charge < -0.3 is 21.6 Å². The van der Waals surface area contributed by atoms with Gasteiger partial charge in [-0.05, 0) is 41.8 Å². The molecule has 0 aliphatic rings. The number of halogens is 1. The van der Waals surface area contributed by atoms with Crippen molar-refractivity contribution in [2.45, 2.75) is 37.6 Å². The van der Waals surface area contributed by atoms with E-state index in [0.29, 0.717) is 22.4 Å². The molecule has 3 aromatic carbocycles. The topological polar surface area (TPSA) is 134 Å². The molecule has 5 N–H and O–H groups in total. The van der Waals surface area contributed by atoms with Crippen LogP contribution < -0.4 is 16.4 Å². The Morgan fingerprint density at radius 3 is 2.49 bits per heavy atom. The lowest BCUT2D eigenvalue weighted by molar-refractivity contribution is -0.116. The minimum Gasteiger partial charge on any atom is -0.409 e. The summed E-state index contributed by atoms with van der Waals surface area (Å²) < 4.78 is 39.2. The van der Waals surface area contributed by atoms with Gasteiger partial charge in [0.15, 0.2) is 15.7 Å². The van der Waals surface area contributed by atoms with Crippen LogP contribution in [0.15, 0.2) is 76.8 Å². The number of rotatable bonds is 10. The van der Waals surface area contributed by atoms with Gasteiger partial charge in [0.2, 0.25) is 5.91 Å². The monoisotopic (exact) mass is 526 g/mol. The molecule has 37 heavy (non-hydrogen) atoms. The standard InChI is InChI=1S/C27H31FN4O4S/c1-4-17(2)24(30-20-9-7-8-19(14-20)27(29)32-34)16-26(33)31-23-13-12-18(15-22(23)28)21-10-5-6-11-25(21)37(3,35)36/h5-15,17,24,30,34H,4,16H2,1-3H3,(H2,29,32)(H,31,33)/t17?,24-/m0/s1. The SMILES string of the molecule is CCC(C)[C@H](CC(=O)Nc1ccc(-c2ccccc2S(C)(=O)=O)cc1F)Nc1cccc(C(N)=NO)c1. The third-order valence-electron chi connectivity index (χ3n) is 6.19. The summed E-state index contributed by atoms with van der Waals surface area (Å²) in [6.45, 7) is 4.02. The Morgan fingerprint density at radius 2 is 1.84 bits per heavy atom. The summed E-state index contributed by atoms with van der Waals surface area (Å²) in [7, 11) is -3.51. The maximum atomic E-state index is 15.0. The van der Waals surface area contributed by atoms with Crippen molar-refractivity contribution in [3.05, 3.63) is 78.1 Å². The van der Waals surface area contributed by atoms with Crippen molar-refractivity contribution < 1.29 is 22.8 Å². The molecule has 0 heterocycles. The quantitative estimate of drug-likeness (QED) is 0.129. The fourth-order valence-corrected chi connectivity index (χ4v) is 4.84. The van der Waals surface area contributed by atoms with E-state index in [1.165, 1.54) is 18.2 Å². The molecule has 0 bridgehead atoms. The van der Waals surface area contributed by atoms with E-state index in [1.807, 2.05) is 19.9 Å². The highest BCUT2D eigenvalue weighted by Gasteiger charge is 2.21. The summed E-state index contributed by atoms with van der Waals surface area (Å²) in [6, 6.07) is 17.3. The molecule has 2 atom stereocenters. The van der Waals surface area contributed by atoms with Gasteiger partial charge in [0.1, 0.15) is 5.82 Å². The van der Waals surface area contributed by atoms with Gasteiger partial charge in [-0.1, -0.05) is 61.8 Å². The first-order valence-corrected chi connectivity index (χ1v) is 13.7. The van der Waals surface area contributed by atoms with Crippen LogP contribution in [0.2, 0.25) is 0 Å². The Kier molecular flexibility index (Phi) is 8.88. The van der Waals surface area contributed by atoms with E-state index in [-0.39, 0.29) is 40.7 Å². The first-order valence-electron chi connectivity index (χ1n) is 11.8. The van der Waals surface area contributed by atoms with Crippen LogP contribution in [0.3, 0.4) is 0 Å². The molecule has 196 valence electrons. The summed E-state index contributed by atoms with van der Waals surface area (Å²) >= 11 is 0. The molecule has 0 aliphatic heterocycles.